The van der Waals surface area contributed by atoms with Gasteiger partial charge in [0.15, 0.2) is 0 Å². The van der Waals surface area contributed by atoms with Crippen molar-refractivity contribution >= 4 is 11.6 Å². The highest BCUT2D eigenvalue weighted by Gasteiger charge is 2.26. The van der Waals surface area contributed by atoms with Crippen molar-refractivity contribution in [2.24, 2.45) is 0 Å². The predicted molar refractivity (Wildman–Crippen MR) is 88.0 cm³/mol. The maximum atomic E-state index is 12.7. The number of aryl methyl sites for hydroxylation is 1. The van der Waals surface area contributed by atoms with E-state index in [1.54, 1.807) is 0 Å². The van der Waals surface area contributed by atoms with E-state index >= 15 is 0 Å². The van der Waals surface area contributed by atoms with Crippen LogP contribution in [-0.4, -0.2) is 55.5 Å². The number of nitrogens with one attached hydrogen (secondary N) is 1. The Morgan fingerprint density at radius 2 is 2.24 bits per heavy atom. The Bertz CT molecular complexity index is 501. The van der Waals surface area contributed by atoms with Crippen molar-refractivity contribution in [1.29, 1.82) is 0 Å². The highest BCUT2D eigenvalue weighted by molar-refractivity contribution is 5.99. The zero-order chi connectivity index (χ0) is 15.4. The third-order valence-electron chi connectivity index (χ3n) is 4.41. The number of nitrogens with zero attached hydrogens (tertiary/aromatic N) is 2. The zero-order valence-corrected chi connectivity index (χ0v) is 13.6. The number of carbonyl (C=O) groups excluding carboxylic acids is 1. The molecule has 0 aliphatic carbocycles. The van der Waals surface area contributed by atoms with E-state index in [1.807, 2.05) is 44.1 Å². The van der Waals surface area contributed by atoms with Gasteiger partial charge in [-0.1, -0.05) is 13.0 Å². The Morgan fingerprint density at radius 1 is 1.48 bits per heavy atom. The van der Waals surface area contributed by atoms with Crippen molar-refractivity contribution < 1.29 is 4.79 Å². The van der Waals surface area contributed by atoms with Crippen LogP contribution in [0.2, 0.25) is 0 Å². The Kier molecular flexibility index (Phi) is 5.23. The molecule has 1 heterocycles. The summed E-state index contributed by atoms with van der Waals surface area (Å²) in [6.07, 6.45) is 2.44. The maximum absolute atomic E-state index is 12.7. The Hall–Kier alpha value is -1.55. The molecule has 1 unspecified atom stereocenters. The Morgan fingerprint density at radius 3 is 2.90 bits per heavy atom. The molecule has 0 spiro atoms. The van der Waals surface area contributed by atoms with Crippen molar-refractivity contribution in [3.63, 3.8) is 0 Å². The van der Waals surface area contributed by atoms with Gasteiger partial charge in [-0.25, -0.2) is 0 Å². The van der Waals surface area contributed by atoms with E-state index in [1.165, 1.54) is 12.8 Å². The van der Waals surface area contributed by atoms with Crippen molar-refractivity contribution in [2.75, 3.05) is 39.0 Å². The number of anilines is 1. The molecule has 0 saturated carbocycles. The summed E-state index contributed by atoms with van der Waals surface area (Å²) in [5.41, 5.74) is 2.82. The van der Waals surface area contributed by atoms with Gasteiger partial charge in [-0.15, -0.1) is 0 Å². The molecular formula is C17H27N3O. The fraction of sp³-hybridized carbons (Fsp3) is 0.588. The minimum absolute atomic E-state index is 0.0994. The highest BCUT2D eigenvalue weighted by atomic mass is 16.2. The summed E-state index contributed by atoms with van der Waals surface area (Å²) in [5.74, 6) is 0.0994. The van der Waals surface area contributed by atoms with Crippen LogP contribution in [0.1, 0.15) is 35.7 Å². The molecule has 1 atom stereocenters. The fourth-order valence-electron chi connectivity index (χ4n) is 3.17. The van der Waals surface area contributed by atoms with E-state index in [4.69, 9.17) is 0 Å². The lowest BCUT2D eigenvalue weighted by molar-refractivity contribution is 0.0755. The average Bonchev–Trinajstić information content (AvgIpc) is 2.93. The third kappa shape index (κ3) is 3.56. The molecule has 4 nitrogen and oxygen atoms in total. The van der Waals surface area contributed by atoms with E-state index in [0.717, 1.165) is 36.4 Å². The van der Waals surface area contributed by atoms with Gasteiger partial charge in [0.1, 0.15) is 0 Å². The molecule has 0 aromatic heterocycles. The van der Waals surface area contributed by atoms with E-state index in [-0.39, 0.29) is 5.91 Å². The first-order chi connectivity index (χ1) is 10.1. The average molecular weight is 289 g/mol. The lowest BCUT2D eigenvalue weighted by Crippen LogP contribution is -2.41. The molecule has 0 bridgehead atoms. The monoisotopic (exact) mass is 289 g/mol. The van der Waals surface area contributed by atoms with Crippen molar-refractivity contribution in [2.45, 2.75) is 32.7 Å². The zero-order valence-electron chi connectivity index (χ0n) is 13.6. The molecule has 1 aliphatic rings. The molecule has 1 aromatic carbocycles. The smallest absolute Gasteiger partial charge is 0.255 e. The number of amides is 1. The van der Waals surface area contributed by atoms with Crippen LogP contribution in [0.3, 0.4) is 0 Å². The number of hydrogen-bond donors (Lipinski definition) is 1. The molecule has 2 rings (SSSR count). The minimum atomic E-state index is 0.0994. The number of carbonyl (C=O) groups is 1. The van der Waals surface area contributed by atoms with Crippen LogP contribution in [0.15, 0.2) is 18.2 Å². The van der Waals surface area contributed by atoms with Crippen LogP contribution in [-0.2, 0) is 0 Å². The molecule has 1 amide bonds. The number of likely N-dealkylation sites (N-methyl/N-ethyl adjacent to an activating group) is 2. The van der Waals surface area contributed by atoms with Gasteiger partial charge in [-0.05, 0) is 50.6 Å². The first kappa shape index (κ1) is 15.8. The van der Waals surface area contributed by atoms with E-state index in [9.17, 15) is 4.79 Å². The molecule has 1 aromatic rings. The Balaban J connectivity index is 2.09. The molecule has 4 heteroatoms. The molecule has 21 heavy (non-hydrogen) atoms. The van der Waals surface area contributed by atoms with Gasteiger partial charge in [0, 0.05) is 32.4 Å². The van der Waals surface area contributed by atoms with Gasteiger partial charge in [0.05, 0.1) is 5.56 Å². The molecule has 1 saturated heterocycles. The SMILES string of the molecule is CCN1CCCC1CN(C)C(=O)c1ccc(C)cc1NC. The van der Waals surface area contributed by atoms with Gasteiger partial charge < -0.3 is 10.2 Å². The van der Waals surface area contributed by atoms with Crippen LogP contribution < -0.4 is 5.32 Å². The fourth-order valence-corrected chi connectivity index (χ4v) is 3.17. The first-order valence-electron chi connectivity index (χ1n) is 7.84. The maximum Gasteiger partial charge on any atom is 0.255 e. The second kappa shape index (κ2) is 6.94. The molecule has 1 aliphatic heterocycles. The number of likely N-dealkylation sites (tertiary alicyclic amines) is 1. The first-order valence-corrected chi connectivity index (χ1v) is 7.84. The quantitative estimate of drug-likeness (QED) is 0.905. The van der Waals surface area contributed by atoms with Crippen LogP contribution in [0, 0.1) is 6.92 Å². The summed E-state index contributed by atoms with van der Waals surface area (Å²) in [5, 5.41) is 3.13. The molecular weight excluding hydrogens is 262 g/mol. The normalized spacial score (nSPS) is 18.8. The summed E-state index contributed by atoms with van der Waals surface area (Å²) in [6, 6.07) is 6.45. The largest absolute Gasteiger partial charge is 0.387 e. The number of hydrogen-bond acceptors (Lipinski definition) is 3. The van der Waals surface area contributed by atoms with Gasteiger partial charge >= 0.3 is 0 Å². The van der Waals surface area contributed by atoms with Crippen LogP contribution in [0.5, 0.6) is 0 Å². The summed E-state index contributed by atoms with van der Waals surface area (Å²) >= 11 is 0. The molecule has 1 N–H and O–H groups in total. The van der Waals surface area contributed by atoms with Gasteiger partial charge in [-0.2, -0.15) is 0 Å². The van der Waals surface area contributed by atoms with Crippen LogP contribution in [0.4, 0.5) is 5.69 Å². The standard InChI is InChI=1S/C17H27N3O/c1-5-20-10-6-7-14(20)12-19(4)17(21)15-9-8-13(2)11-16(15)18-3/h8-9,11,14,18H,5-7,10,12H2,1-4H3. The van der Waals surface area contributed by atoms with Crippen molar-refractivity contribution in [1.82, 2.24) is 9.80 Å². The Labute approximate surface area is 128 Å². The van der Waals surface area contributed by atoms with Crippen LogP contribution in [0.25, 0.3) is 0 Å². The van der Waals surface area contributed by atoms with Crippen LogP contribution >= 0.6 is 0 Å². The van der Waals surface area contributed by atoms with E-state index < -0.39 is 0 Å². The molecule has 0 radical (unpaired) electrons. The molecule has 116 valence electrons. The third-order valence-corrected chi connectivity index (χ3v) is 4.41. The van der Waals surface area contributed by atoms with Crippen molar-refractivity contribution in [3.8, 4) is 0 Å². The van der Waals surface area contributed by atoms with Crippen molar-refractivity contribution in [3.05, 3.63) is 29.3 Å². The lowest BCUT2D eigenvalue weighted by Gasteiger charge is -2.28. The second-order valence-electron chi connectivity index (χ2n) is 5.91. The minimum Gasteiger partial charge on any atom is -0.387 e. The second-order valence-corrected chi connectivity index (χ2v) is 5.91. The van der Waals surface area contributed by atoms with Gasteiger partial charge in [0.2, 0.25) is 0 Å². The summed E-state index contributed by atoms with van der Waals surface area (Å²) in [7, 11) is 3.77. The lowest BCUT2D eigenvalue weighted by atomic mass is 10.1. The van der Waals surface area contributed by atoms with E-state index in [2.05, 4.69) is 17.1 Å². The summed E-state index contributed by atoms with van der Waals surface area (Å²) in [6.45, 7) is 7.27. The number of benzene rings is 1. The summed E-state index contributed by atoms with van der Waals surface area (Å²) in [4.78, 5) is 17.0. The van der Waals surface area contributed by atoms with Gasteiger partial charge in [-0.3, -0.25) is 9.69 Å². The topological polar surface area (TPSA) is 35.6 Å². The molecule has 1 fully saturated rings. The summed E-state index contributed by atoms with van der Waals surface area (Å²) < 4.78 is 0. The predicted octanol–water partition coefficient (Wildman–Crippen LogP) is 2.59. The van der Waals surface area contributed by atoms with E-state index in [0.29, 0.717) is 6.04 Å². The van der Waals surface area contributed by atoms with Gasteiger partial charge in [0.25, 0.3) is 5.91 Å². The number of rotatable bonds is 5. The highest BCUT2D eigenvalue weighted by Crippen LogP contribution is 2.21.